The zero-order chi connectivity index (χ0) is 22.9. The van der Waals surface area contributed by atoms with Crippen molar-refractivity contribution in [2.45, 2.75) is 103 Å². The van der Waals surface area contributed by atoms with Crippen molar-refractivity contribution in [3.05, 3.63) is 0 Å². The summed E-state index contributed by atoms with van der Waals surface area (Å²) < 4.78 is 58.4. The average molecular weight is 461 g/mol. The zero-order valence-electron chi connectivity index (χ0n) is 18.1. The molecule has 10 heteroatoms. The molecule has 1 rings (SSSR count). The molecule has 180 valence electrons. The summed E-state index contributed by atoms with van der Waals surface area (Å²) in [6.45, 7) is 3.96. The number of carboxylic acids is 1. The third kappa shape index (κ3) is 17.9. The molecule has 1 aliphatic heterocycles. The molecule has 0 aromatic rings. The van der Waals surface area contributed by atoms with Crippen molar-refractivity contribution in [1.82, 2.24) is 10.0 Å². The Bertz CT molecular complexity index is 537. The third-order valence-corrected chi connectivity index (χ3v) is 6.43. The van der Waals surface area contributed by atoms with E-state index >= 15 is 0 Å². The van der Waals surface area contributed by atoms with Crippen molar-refractivity contribution < 1.29 is 31.5 Å². The minimum atomic E-state index is -5.08. The molecule has 0 aromatic carbocycles. The zero-order valence-corrected chi connectivity index (χ0v) is 18.9. The van der Waals surface area contributed by atoms with Crippen LogP contribution >= 0.6 is 0 Å². The van der Waals surface area contributed by atoms with Crippen LogP contribution in [0, 0.1) is 0 Å². The van der Waals surface area contributed by atoms with Crippen molar-refractivity contribution in [2.24, 2.45) is 0 Å². The van der Waals surface area contributed by atoms with E-state index in [4.69, 9.17) is 9.90 Å². The van der Waals surface area contributed by atoms with E-state index in [-0.39, 0.29) is 6.04 Å². The fourth-order valence-corrected chi connectivity index (χ4v) is 4.61. The summed E-state index contributed by atoms with van der Waals surface area (Å²) >= 11 is 0. The second-order valence-electron chi connectivity index (χ2n) is 7.82. The first-order valence-corrected chi connectivity index (χ1v) is 12.7. The maximum atomic E-state index is 11.9. The topological polar surface area (TPSA) is 95.5 Å². The Kier molecular flexibility index (Phi) is 16.3. The highest BCUT2D eigenvalue weighted by atomic mass is 32.2. The number of carboxylic acid groups (broad SMARTS) is 1. The van der Waals surface area contributed by atoms with E-state index in [1.165, 1.54) is 64.2 Å². The van der Waals surface area contributed by atoms with Crippen LogP contribution in [0.4, 0.5) is 13.2 Å². The summed E-state index contributed by atoms with van der Waals surface area (Å²) in [5.41, 5.74) is 0. The van der Waals surface area contributed by atoms with Gasteiger partial charge in [-0.15, -0.1) is 0 Å². The number of rotatable bonds is 15. The SMILES string of the molecule is CCCCCCCCCCCCCCS(=O)(=O)N[C@@H]1CCNC1.O=C(O)C(F)(F)F. The van der Waals surface area contributed by atoms with Gasteiger partial charge in [-0.1, -0.05) is 77.6 Å². The molecule has 1 atom stereocenters. The van der Waals surface area contributed by atoms with Gasteiger partial charge in [0, 0.05) is 12.6 Å². The number of aliphatic carboxylic acids is 1. The van der Waals surface area contributed by atoms with Gasteiger partial charge in [0.05, 0.1) is 5.75 Å². The predicted octanol–water partition coefficient (Wildman–Crippen LogP) is 4.60. The standard InChI is InChI=1S/C18H38N2O2S.C2HF3O2/c1-2-3-4-5-6-7-8-9-10-11-12-13-16-23(21,22)20-18-14-15-19-17-18;3-2(4,5)1(6)7/h18-20H,2-17H2,1H3;(H,6,7)/t18-;/m1./s1. The summed E-state index contributed by atoms with van der Waals surface area (Å²) in [5, 5.41) is 10.3. The number of nitrogens with one attached hydrogen (secondary N) is 2. The van der Waals surface area contributed by atoms with E-state index in [1.807, 2.05) is 0 Å². The number of sulfonamides is 1. The lowest BCUT2D eigenvalue weighted by Crippen LogP contribution is -2.37. The Morgan fingerprint density at radius 1 is 0.967 bits per heavy atom. The Morgan fingerprint density at radius 2 is 1.40 bits per heavy atom. The molecule has 0 saturated carbocycles. The number of unbranched alkanes of at least 4 members (excludes halogenated alkanes) is 11. The van der Waals surface area contributed by atoms with E-state index in [1.54, 1.807) is 0 Å². The van der Waals surface area contributed by atoms with Crippen LogP contribution in [0.15, 0.2) is 0 Å². The molecule has 1 saturated heterocycles. The maximum absolute atomic E-state index is 11.9. The lowest BCUT2D eigenvalue weighted by atomic mass is 10.1. The van der Waals surface area contributed by atoms with Crippen molar-refractivity contribution in [2.75, 3.05) is 18.8 Å². The fourth-order valence-electron chi connectivity index (χ4n) is 3.20. The minimum absolute atomic E-state index is 0.109. The Balaban J connectivity index is 0.00000103. The smallest absolute Gasteiger partial charge is 0.475 e. The molecule has 1 aliphatic rings. The molecular weight excluding hydrogens is 421 g/mol. The quantitative estimate of drug-likeness (QED) is 0.310. The number of carbonyl (C=O) groups is 1. The van der Waals surface area contributed by atoms with Gasteiger partial charge in [0.2, 0.25) is 10.0 Å². The van der Waals surface area contributed by atoms with Gasteiger partial charge < -0.3 is 10.4 Å². The van der Waals surface area contributed by atoms with Crippen LogP contribution in [0.2, 0.25) is 0 Å². The average Bonchev–Trinajstić information content (AvgIpc) is 3.14. The largest absolute Gasteiger partial charge is 0.490 e. The number of halogens is 3. The summed E-state index contributed by atoms with van der Waals surface area (Å²) in [6.07, 6.45) is 11.0. The number of hydrogen-bond acceptors (Lipinski definition) is 4. The second kappa shape index (κ2) is 16.8. The van der Waals surface area contributed by atoms with Crippen LogP contribution < -0.4 is 10.0 Å². The highest BCUT2D eigenvalue weighted by Crippen LogP contribution is 2.13. The highest BCUT2D eigenvalue weighted by molar-refractivity contribution is 7.89. The highest BCUT2D eigenvalue weighted by Gasteiger charge is 2.38. The Hall–Kier alpha value is -0.870. The summed E-state index contributed by atoms with van der Waals surface area (Å²) in [4.78, 5) is 8.90. The van der Waals surface area contributed by atoms with Crippen molar-refractivity contribution >= 4 is 16.0 Å². The fraction of sp³-hybridized carbons (Fsp3) is 0.950. The van der Waals surface area contributed by atoms with Gasteiger partial charge in [-0.25, -0.2) is 17.9 Å². The first-order chi connectivity index (χ1) is 14.1. The summed E-state index contributed by atoms with van der Waals surface area (Å²) in [6, 6.07) is 0.109. The molecule has 0 spiro atoms. The Morgan fingerprint density at radius 3 is 1.77 bits per heavy atom. The van der Waals surface area contributed by atoms with Crippen LogP contribution in [0.3, 0.4) is 0 Å². The van der Waals surface area contributed by atoms with Gasteiger partial charge in [-0.3, -0.25) is 0 Å². The lowest BCUT2D eigenvalue weighted by molar-refractivity contribution is -0.192. The second-order valence-corrected chi connectivity index (χ2v) is 9.69. The minimum Gasteiger partial charge on any atom is -0.475 e. The van der Waals surface area contributed by atoms with E-state index in [2.05, 4.69) is 17.0 Å². The molecule has 0 amide bonds. The van der Waals surface area contributed by atoms with Crippen molar-refractivity contribution in [3.8, 4) is 0 Å². The van der Waals surface area contributed by atoms with Gasteiger partial charge in [0.15, 0.2) is 0 Å². The van der Waals surface area contributed by atoms with Gasteiger partial charge in [0.25, 0.3) is 0 Å². The molecule has 1 heterocycles. The summed E-state index contributed by atoms with van der Waals surface area (Å²) in [7, 11) is -3.07. The molecule has 0 aliphatic carbocycles. The number of alkyl halides is 3. The molecule has 3 N–H and O–H groups in total. The Labute approximate surface area is 179 Å². The van der Waals surface area contributed by atoms with Crippen LogP contribution in [-0.4, -0.2) is 50.6 Å². The van der Waals surface area contributed by atoms with Crippen molar-refractivity contribution in [3.63, 3.8) is 0 Å². The van der Waals surface area contributed by atoms with Gasteiger partial charge in [0.1, 0.15) is 0 Å². The molecule has 0 bridgehead atoms. The van der Waals surface area contributed by atoms with E-state index in [0.717, 1.165) is 32.4 Å². The van der Waals surface area contributed by atoms with Gasteiger partial charge >= 0.3 is 12.1 Å². The first kappa shape index (κ1) is 29.1. The van der Waals surface area contributed by atoms with Gasteiger partial charge in [-0.2, -0.15) is 13.2 Å². The normalized spacial score (nSPS) is 16.9. The molecule has 30 heavy (non-hydrogen) atoms. The molecule has 0 radical (unpaired) electrons. The van der Waals surface area contributed by atoms with Crippen LogP contribution in [0.25, 0.3) is 0 Å². The van der Waals surface area contributed by atoms with E-state index in [0.29, 0.717) is 5.75 Å². The maximum Gasteiger partial charge on any atom is 0.490 e. The molecular formula is C20H39F3N2O4S. The van der Waals surface area contributed by atoms with E-state index < -0.39 is 22.2 Å². The van der Waals surface area contributed by atoms with Crippen molar-refractivity contribution in [1.29, 1.82) is 0 Å². The summed E-state index contributed by atoms with van der Waals surface area (Å²) in [5.74, 6) is -2.46. The van der Waals surface area contributed by atoms with E-state index in [9.17, 15) is 21.6 Å². The third-order valence-electron chi connectivity index (χ3n) is 4.92. The number of hydrogen-bond donors (Lipinski definition) is 3. The lowest BCUT2D eigenvalue weighted by Gasteiger charge is -2.11. The van der Waals surface area contributed by atoms with Crippen LogP contribution in [-0.2, 0) is 14.8 Å². The monoisotopic (exact) mass is 460 g/mol. The van der Waals surface area contributed by atoms with Crippen LogP contribution in [0.5, 0.6) is 0 Å². The molecule has 1 fully saturated rings. The molecule has 0 unspecified atom stereocenters. The molecule has 6 nitrogen and oxygen atoms in total. The predicted molar refractivity (Wildman–Crippen MR) is 113 cm³/mol. The first-order valence-electron chi connectivity index (χ1n) is 11.1. The molecule has 0 aromatic heterocycles. The van der Waals surface area contributed by atoms with Crippen LogP contribution in [0.1, 0.15) is 90.4 Å². The van der Waals surface area contributed by atoms with Gasteiger partial charge in [-0.05, 0) is 19.4 Å².